The van der Waals surface area contributed by atoms with E-state index in [4.69, 9.17) is 0 Å². The number of rotatable bonds is 3. The van der Waals surface area contributed by atoms with E-state index >= 15 is 0 Å². The van der Waals surface area contributed by atoms with E-state index in [9.17, 15) is 4.39 Å². The summed E-state index contributed by atoms with van der Waals surface area (Å²) in [5.74, 6) is 1.95. The van der Waals surface area contributed by atoms with Crippen LogP contribution in [0.5, 0.6) is 0 Å². The lowest BCUT2D eigenvalue weighted by Gasteiger charge is -2.35. The van der Waals surface area contributed by atoms with E-state index in [0.717, 1.165) is 17.9 Å². The summed E-state index contributed by atoms with van der Waals surface area (Å²) in [7, 11) is 0. The van der Waals surface area contributed by atoms with Crippen LogP contribution in [0.2, 0.25) is 0 Å². The smallest absolute Gasteiger partial charge is 0.150 e. The average Bonchev–Trinajstić information content (AvgIpc) is 2.91. The molecular weight excluding hydrogens is 287 g/mol. The van der Waals surface area contributed by atoms with Gasteiger partial charge in [-0.1, -0.05) is 13.8 Å². The highest BCUT2D eigenvalue weighted by Crippen LogP contribution is 2.34. The van der Waals surface area contributed by atoms with E-state index in [-0.39, 0.29) is 5.82 Å². The predicted octanol–water partition coefficient (Wildman–Crippen LogP) is 3.35. The highest BCUT2D eigenvalue weighted by Gasteiger charge is 2.28. The summed E-state index contributed by atoms with van der Waals surface area (Å²) in [6, 6.07) is 5.54. The maximum atomic E-state index is 14.2. The summed E-state index contributed by atoms with van der Waals surface area (Å²) in [4.78, 5) is 3.84. The van der Waals surface area contributed by atoms with Gasteiger partial charge in [0.05, 0.1) is 0 Å². The molecule has 2 heterocycles. The summed E-state index contributed by atoms with van der Waals surface area (Å²) < 4.78 is 15.6. The van der Waals surface area contributed by atoms with E-state index in [1.165, 1.54) is 29.2 Å². The Morgan fingerprint density at radius 1 is 1.43 bits per heavy atom. The molecule has 0 spiro atoms. The van der Waals surface area contributed by atoms with Crippen LogP contribution in [0.3, 0.4) is 0 Å². The summed E-state index contributed by atoms with van der Waals surface area (Å²) in [5, 5.41) is 7.40. The molecule has 2 aromatic rings. The monoisotopic (exact) mass is 306 g/mol. The van der Waals surface area contributed by atoms with Gasteiger partial charge in [-0.05, 0) is 35.8 Å². The number of aromatic nitrogens is 3. The predicted molar refractivity (Wildman–Crippen MR) is 84.5 cm³/mol. The quantitative estimate of drug-likeness (QED) is 0.944. The van der Waals surface area contributed by atoms with Crippen molar-refractivity contribution >= 4 is 17.4 Å². The standard InChI is InChI=1S/C15H19FN4S/c1-15(2)6-12(7-21-8-15)19-11-3-4-14(13(16)5-11)20-10-17-9-18-20/h3-5,9-10,12,19H,6-8H2,1-2H3. The number of hydrogen-bond acceptors (Lipinski definition) is 4. The Balaban J connectivity index is 1.74. The number of nitrogens with zero attached hydrogens (tertiary/aromatic N) is 3. The maximum absolute atomic E-state index is 14.2. The van der Waals surface area contributed by atoms with Crippen LogP contribution in [0, 0.1) is 11.2 Å². The van der Waals surface area contributed by atoms with E-state index in [0.29, 0.717) is 17.1 Å². The molecule has 1 unspecified atom stereocenters. The summed E-state index contributed by atoms with van der Waals surface area (Å²) >= 11 is 1.96. The number of anilines is 1. The molecule has 112 valence electrons. The lowest BCUT2D eigenvalue weighted by molar-refractivity contribution is 0.358. The third kappa shape index (κ3) is 3.37. The Kier molecular flexibility index (Phi) is 3.89. The van der Waals surface area contributed by atoms with Crippen molar-refractivity contribution in [1.29, 1.82) is 0 Å². The Hall–Kier alpha value is -1.56. The maximum Gasteiger partial charge on any atom is 0.150 e. The van der Waals surface area contributed by atoms with Crippen LogP contribution >= 0.6 is 11.8 Å². The highest BCUT2D eigenvalue weighted by atomic mass is 32.2. The molecule has 1 aliphatic rings. The van der Waals surface area contributed by atoms with Gasteiger partial charge in [0.1, 0.15) is 18.3 Å². The summed E-state index contributed by atoms with van der Waals surface area (Å²) in [6.07, 6.45) is 3.99. The molecular formula is C15H19FN4S. The van der Waals surface area contributed by atoms with E-state index < -0.39 is 0 Å². The molecule has 1 aliphatic heterocycles. The van der Waals surface area contributed by atoms with Crippen molar-refractivity contribution in [1.82, 2.24) is 14.8 Å². The third-order valence-electron chi connectivity index (χ3n) is 3.59. The van der Waals surface area contributed by atoms with Crippen LogP contribution in [-0.2, 0) is 0 Å². The molecule has 4 nitrogen and oxygen atoms in total. The van der Waals surface area contributed by atoms with Gasteiger partial charge in [-0.15, -0.1) is 0 Å². The molecule has 21 heavy (non-hydrogen) atoms. The number of nitrogens with one attached hydrogen (secondary N) is 1. The first-order valence-corrected chi connectivity index (χ1v) is 8.18. The first kappa shape index (κ1) is 14.4. The van der Waals surface area contributed by atoms with Gasteiger partial charge in [-0.25, -0.2) is 14.1 Å². The molecule has 1 aromatic heterocycles. The second-order valence-corrected chi connectivity index (χ2v) is 7.26. The Labute approximate surface area is 128 Å². The number of benzene rings is 1. The van der Waals surface area contributed by atoms with Crippen LogP contribution in [0.4, 0.5) is 10.1 Å². The fourth-order valence-corrected chi connectivity index (χ4v) is 3.98. The minimum Gasteiger partial charge on any atom is -0.381 e. The second-order valence-electron chi connectivity index (χ2n) is 6.23. The number of halogens is 1. The minimum atomic E-state index is -0.298. The first-order valence-electron chi connectivity index (χ1n) is 7.02. The van der Waals surface area contributed by atoms with Gasteiger partial charge in [0.15, 0.2) is 5.82 Å². The largest absolute Gasteiger partial charge is 0.381 e. The number of thioether (sulfide) groups is 1. The fraction of sp³-hybridized carbons (Fsp3) is 0.467. The van der Waals surface area contributed by atoms with Crippen molar-refractivity contribution in [3.8, 4) is 5.69 Å². The van der Waals surface area contributed by atoms with E-state index in [1.807, 2.05) is 17.8 Å². The van der Waals surface area contributed by atoms with Gasteiger partial charge < -0.3 is 5.32 Å². The lowest BCUT2D eigenvalue weighted by atomic mass is 9.88. The van der Waals surface area contributed by atoms with E-state index in [2.05, 4.69) is 29.2 Å². The topological polar surface area (TPSA) is 42.7 Å². The zero-order valence-electron chi connectivity index (χ0n) is 12.2. The van der Waals surface area contributed by atoms with Crippen molar-refractivity contribution in [2.24, 2.45) is 5.41 Å². The van der Waals surface area contributed by atoms with Gasteiger partial charge in [0, 0.05) is 17.5 Å². The van der Waals surface area contributed by atoms with Crippen molar-refractivity contribution in [3.63, 3.8) is 0 Å². The molecule has 0 radical (unpaired) electrons. The summed E-state index contributed by atoms with van der Waals surface area (Å²) in [6.45, 7) is 4.56. The zero-order chi connectivity index (χ0) is 14.9. The van der Waals surface area contributed by atoms with Crippen LogP contribution < -0.4 is 5.32 Å². The molecule has 1 N–H and O–H groups in total. The molecule has 0 aliphatic carbocycles. The Morgan fingerprint density at radius 2 is 2.29 bits per heavy atom. The molecule has 3 rings (SSSR count). The fourth-order valence-electron chi connectivity index (χ4n) is 2.71. The lowest BCUT2D eigenvalue weighted by Crippen LogP contribution is -2.35. The number of hydrogen-bond donors (Lipinski definition) is 1. The van der Waals surface area contributed by atoms with Gasteiger partial charge in [0.25, 0.3) is 0 Å². The minimum absolute atomic E-state index is 0.298. The van der Waals surface area contributed by atoms with Crippen LogP contribution in [-0.4, -0.2) is 32.3 Å². The molecule has 0 amide bonds. The molecule has 1 atom stereocenters. The van der Waals surface area contributed by atoms with Gasteiger partial charge in [0.2, 0.25) is 0 Å². The molecule has 0 saturated carbocycles. The van der Waals surface area contributed by atoms with E-state index in [1.54, 1.807) is 6.07 Å². The summed E-state index contributed by atoms with van der Waals surface area (Å²) in [5.41, 5.74) is 1.57. The normalized spacial score (nSPS) is 21.2. The van der Waals surface area contributed by atoms with Gasteiger partial charge in [-0.3, -0.25) is 0 Å². The molecule has 0 bridgehead atoms. The van der Waals surface area contributed by atoms with Gasteiger partial charge >= 0.3 is 0 Å². The Morgan fingerprint density at radius 3 is 2.95 bits per heavy atom. The van der Waals surface area contributed by atoms with Crippen molar-refractivity contribution in [3.05, 3.63) is 36.7 Å². The van der Waals surface area contributed by atoms with Crippen molar-refractivity contribution in [2.75, 3.05) is 16.8 Å². The SMILES string of the molecule is CC1(C)CSCC(Nc2ccc(-n3cncn3)c(F)c2)C1. The first-order chi connectivity index (χ1) is 10.0. The molecule has 1 aromatic carbocycles. The van der Waals surface area contributed by atoms with Crippen LogP contribution in [0.25, 0.3) is 5.69 Å². The zero-order valence-corrected chi connectivity index (χ0v) is 13.0. The molecule has 1 fully saturated rings. The molecule has 1 saturated heterocycles. The highest BCUT2D eigenvalue weighted by molar-refractivity contribution is 7.99. The Bertz CT molecular complexity index is 612. The molecule has 6 heteroatoms. The average molecular weight is 306 g/mol. The third-order valence-corrected chi connectivity index (χ3v) is 5.22. The van der Waals surface area contributed by atoms with Crippen LogP contribution in [0.15, 0.2) is 30.9 Å². The van der Waals surface area contributed by atoms with Crippen molar-refractivity contribution in [2.45, 2.75) is 26.3 Å². The second kappa shape index (κ2) is 5.67. The van der Waals surface area contributed by atoms with Crippen molar-refractivity contribution < 1.29 is 4.39 Å². The van der Waals surface area contributed by atoms with Crippen LogP contribution in [0.1, 0.15) is 20.3 Å². The van der Waals surface area contributed by atoms with Gasteiger partial charge in [-0.2, -0.15) is 16.9 Å².